The van der Waals surface area contributed by atoms with Crippen molar-refractivity contribution in [3.05, 3.63) is 52.0 Å². The lowest BCUT2D eigenvalue weighted by Gasteiger charge is -2.09. The Morgan fingerprint density at radius 1 is 1.42 bits per heavy atom. The summed E-state index contributed by atoms with van der Waals surface area (Å²) < 4.78 is 5.77. The van der Waals surface area contributed by atoms with Crippen LogP contribution in [0.5, 0.6) is 5.75 Å². The predicted molar refractivity (Wildman–Crippen MR) is 97.1 cm³/mol. The lowest BCUT2D eigenvalue weighted by atomic mass is 10.2. The van der Waals surface area contributed by atoms with Crippen LogP contribution in [0.15, 0.2) is 35.7 Å². The van der Waals surface area contributed by atoms with Gasteiger partial charge in [-0.15, -0.1) is 11.3 Å². The number of aryl methyl sites for hydroxylation is 1. The molecule has 0 spiro atoms. The van der Waals surface area contributed by atoms with Gasteiger partial charge in [0.15, 0.2) is 0 Å². The van der Waals surface area contributed by atoms with Gasteiger partial charge >= 0.3 is 0 Å². The van der Waals surface area contributed by atoms with Crippen molar-refractivity contribution in [2.24, 2.45) is 0 Å². The van der Waals surface area contributed by atoms with Crippen LogP contribution < -0.4 is 10.1 Å². The van der Waals surface area contributed by atoms with E-state index in [1.165, 1.54) is 12.8 Å². The zero-order valence-corrected chi connectivity index (χ0v) is 14.6. The Kier molecular flexibility index (Phi) is 5.64. The minimum absolute atomic E-state index is 0.0221. The Hall–Kier alpha value is -2.14. The molecule has 1 aromatic carbocycles. The molecule has 1 saturated carbocycles. The van der Waals surface area contributed by atoms with Crippen molar-refractivity contribution >= 4 is 23.3 Å². The van der Waals surface area contributed by atoms with Crippen LogP contribution in [0.25, 0.3) is 6.08 Å². The number of thiazole rings is 1. The van der Waals surface area contributed by atoms with Crippen LogP contribution in [0.3, 0.4) is 0 Å². The number of ether oxygens (including phenoxy) is 1. The van der Waals surface area contributed by atoms with Gasteiger partial charge in [-0.05, 0) is 43.5 Å². The van der Waals surface area contributed by atoms with Crippen molar-refractivity contribution in [1.29, 1.82) is 0 Å². The third kappa shape index (κ3) is 4.93. The van der Waals surface area contributed by atoms with E-state index in [2.05, 4.69) is 10.3 Å². The smallest absolute Gasteiger partial charge is 0.244 e. The number of benzene rings is 1. The van der Waals surface area contributed by atoms with E-state index in [-0.39, 0.29) is 5.91 Å². The molecular weight excluding hydrogens is 320 g/mol. The summed E-state index contributed by atoms with van der Waals surface area (Å²) in [5.41, 5.74) is 1.89. The molecule has 126 valence electrons. The first-order chi connectivity index (χ1) is 11.7. The Balaban J connectivity index is 1.54. The Bertz CT molecular complexity index is 718. The van der Waals surface area contributed by atoms with Crippen molar-refractivity contribution in [3.63, 3.8) is 0 Å². The van der Waals surface area contributed by atoms with Crippen molar-refractivity contribution in [2.45, 2.75) is 45.3 Å². The summed E-state index contributed by atoms with van der Waals surface area (Å²) in [6, 6.07) is 8.07. The average molecular weight is 342 g/mol. The van der Waals surface area contributed by atoms with E-state index in [0.29, 0.717) is 12.6 Å². The van der Waals surface area contributed by atoms with Crippen LogP contribution in [0.1, 0.15) is 41.9 Å². The van der Waals surface area contributed by atoms with Crippen LogP contribution in [-0.4, -0.2) is 16.9 Å². The van der Waals surface area contributed by atoms with Crippen LogP contribution in [0.4, 0.5) is 0 Å². The van der Waals surface area contributed by atoms with Crippen molar-refractivity contribution in [1.82, 2.24) is 10.3 Å². The van der Waals surface area contributed by atoms with Crippen molar-refractivity contribution < 1.29 is 9.53 Å². The highest BCUT2D eigenvalue weighted by atomic mass is 32.1. The molecule has 0 aliphatic heterocycles. The maximum atomic E-state index is 11.9. The van der Waals surface area contributed by atoms with Crippen LogP contribution in [0.2, 0.25) is 0 Å². The van der Waals surface area contributed by atoms with E-state index in [9.17, 15) is 4.79 Å². The summed E-state index contributed by atoms with van der Waals surface area (Å²) in [6.07, 6.45) is 8.04. The summed E-state index contributed by atoms with van der Waals surface area (Å²) in [7, 11) is 0. The van der Waals surface area contributed by atoms with E-state index in [4.69, 9.17) is 4.74 Å². The Labute approximate surface area is 146 Å². The monoisotopic (exact) mass is 342 g/mol. The topological polar surface area (TPSA) is 51.2 Å². The number of carbonyl (C=O) groups is 1. The molecule has 1 aliphatic carbocycles. The molecule has 4 nitrogen and oxygen atoms in total. The number of hydrogen-bond acceptors (Lipinski definition) is 4. The standard InChI is InChI=1S/C19H22N2O2S/c1-14-20-17(13-24-14)12-23-18-8-4-5-15(11-18)9-10-19(22)21-16-6-2-3-7-16/h4-5,8-11,13,16H,2-3,6-7,12H2,1H3,(H,21,22)/b10-9+. The van der Waals surface area contributed by atoms with Gasteiger partial charge in [0, 0.05) is 17.5 Å². The van der Waals surface area contributed by atoms with Gasteiger partial charge in [0.1, 0.15) is 12.4 Å². The molecule has 5 heteroatoms. The van der Waals surface area contributed by atoms with Crippen molar-refractivity contribution in [3.8, 4) is 5.75 Å². The molecule has 2 aromatic rings. The maximum absolute atomic E-state index is 11.9. The highest BCUT2D eigenvalue weighted by Gasteiger charge is 2.15. The second kappa shape index (κ2) is 8.11. The second-order valence-electron chi connectivity index (χ2n) is 6.04. The molecule has 1 N–H and O–H groups in total. The molecule has 0 atom stereocenters. The number of nitrogens with zero attached hydrogens (tertiary/aromatic N) is 1. The normalized spacial score (nSPS) is 15.0. The molecule has 0 bridgehead atoms. The number of aromatic nitrogens is 1. The lowest BCUT2D eigenvalue weighted by Crippen LogP contribution is -2.30. The quantitative estimate of drug-likeness (QED) is 0.804. The molecule has 0 saturated heterocycles. The average Bonchev–Trinajstić information content (AvgIpc) is 3.23. The molecule has 1 fully saturated rings. The molecule has 1 aliphatic rings. The first kappa shape index (κ1) is 16.7. The number of carbonyl (C=O) groups excluding carboxylic acids is 1. The minimum atomic E-state index is -0.0221. The van der Waals surface area contributed by atoms with Gasteiger partial charge < -0.3 is 10.1 Å². The highest BCUT2D eigenvalue weighted by molar-refractivity contribution is 7.09. The molecule has 1 aromatic heterocycles. The second-order valence-corrected chi connectivity index (χ2v) is 7.10. The molecule has 24 heavy (non-hydrogen) atoms. The van der Waals surface area contributed by atoms with E-state index in [0.717, 1.165) is 34.9 Å². The summed E-state index contributed by atoms with van der Waals surface area (Å²) in [4.78, 5) is 16.3. The molecular formula is C19H22N2O2S. The van der Waals surface area contributed by atoms with E-state index < -0.39 is 0 Å². The molecule has 0 unspecified atom stereocenters. The van der Waals surface area contributed by atoms with Gasteiger partial charge in [-0.3, -0.25) is 4.79 Å². The van der Waals surface area contributed by atoms with Crippen LogP contribution >= 0.6 is 11.3 Å². The molecule has 3 rings (SSSR count). The fourth-order valence-electron chi connectivity index (χ4n) is 2.83. The number of amides is 1. The predicted octanol–water partition coefficient (Wildman–Crippen LogP) is 4.10. The number of rotatable bonds is 6. The third-order valence-corrected chi connectivity index (χ3v) is 4.86. The molecule has 1 amide bonds. The minimum Gasteiger partial charge on any atom is -0.487 e. The zero-order chi connectivity index (χ0) is 16.8. The summed E-state index contributed by atoms with van der Waals surface area (Å²) in [6.45, 7) is 2.44. The third-order valence-electron chi connectivity index (χ3n) is 4.04. The lowest BCUT2D eigenvalue weighted by molar-refractivity contribution is -0.117. The van der Waals surface area contributed by atoms with Crippen molar-refractivity contribution in [2.75, 3.05) is 0 Å². The van der Waals surface area contributed by atoms with E-state index >= 15 is 0 Å². The summed E-state index contributed by atoms with van der Waals surface area (Å²) in [5, 5.41) is 6.10. The Morgan fingerprint density at radius 2 is 2.25 bits per heavy atom. The maximum Gasteiger partial charge on any atom is 0.244 e. The van der Waals surface area contributed by atoms with Gasteiger partial charge in [-0.25, -0.2) is 4.98 Å². The highest BCUT2D eigenvalue weighted by Crippen LogP contribution is 2.18. The first-order valence-corrected chi connectivity index (χ1v) is 9.19. The largest absolute Gasteiger partial charge is 0.487 e. The van der Waals surface area contributed by atoms with Gasteiger partial charge in [-0.2, -0.15) is 0 Å². The molecule has 0 radical (unpaired) electrons. The van der Waals surface area contributed by atoms with Gasteiger partial charge in [-0.1, -0.05) is 25.0 Å². The van der Waals surface area contributed by atoms with Crippen LogP contribution in [-0.2, 0) is 11.4 Å². The number of hydrogen-bond donors (Lipinski definition) is 1. The number of nitrogens with one attached hydrogen (secondary N) is 1. The van der Waals surface area contributed by atoms with E-state index in [1.54, 1.807) is 17.4 Å². The summed E-state index contributed by atoms with van der Waals surface area (Å²) >= 11 is 1.62. The zero-order valence-electron chi connectivity index (χ0n) is 13.8. The van der Waals surface area contributed by atoms with Gasteiger partial charge in [0.05, 0.1) is 10.7 Å². The molecule has 1 heterocycles. The first-order valence-electron chi connectivity index (χ1n) is 8.31. The van der Waals surface area contributed by atoms with Crippen LogP contribution in [0, 0.1) is 6.92 Å². The summed E-state index contributed by atoms with van der Waals surface area (Å²) in [5.74, 6) is 0.755. The fourth-order valence-corrected chi connectivity index (χ4v) is 3.43. The van der Waals surface area contributed by atoms with Gasteiger partial charge in [0.2, 0.25) is 5.91 Å². The SMILES string of the molecule is Cc1nc(COc2cccc(/C=C/C(=O)NC3CCCC3)c2)cs1. The fraction of sp³-hybridized carbons (Fsp3) is 0.368. The van der Waals surface area contributed by atoms with Gasteiger partial charge in [0.25, 0.3) is 0 Å². The Morgan fingerprint density at radius 3 is 3.00 bits per heavy atom. The van der Waals surface area contributed by atoms with E-state index in [1.807, 2.05) is 42.6 Å².